The Morgan fingerprint density at radius 1 is 1.67 bits per heavy atom. The van der Waals surface area contributed by atoms with Crippen molar-refractivity contribution in [3.63, 3.8) is 0 Å². The van der Waals surface area contributed by atoms with Crippen LogP contribution in [-0.4, -0.2) is 0 Å². The van der Waals surface area contributed by atoms with Crippen LogP contribution in [0.15, 0.2) is 24.5 Å². The molecule has 0 aliphatic carbocycles. The van der Waals surface area contributed by atoms with Crippen molar-refractivity contribution >= 4 is 22.6 Å². The van der Waals surface area contributed by atoms with Gasteiger partial charge in [0, 0.05) is 16.1 Å². The van der Waals surface area contributed by atoms with E-state index in [1.54, 1.807) is 0 Å². The van der Waals surface area contributed by atoms with Gasteiger partial charge in [-0.15, -0.1) is 0 Å². The monoisotopic (exact) mass is 234 g/mol. The van der Waals surface area contributed by atoms with Gasteiger partial charge in [-0.05, 0) is 6.07 Å². The van der Waals surface area contributed by atoms with Gasteiger partial charge in [-0.2, -0.15) is 0 Å². The summed E-state index contributed by atoms with van der Waals surface area (Å²) in [7, 11) is 2.04. The molecule has 2 heteroatoms. The van der Waals surface area contributed by atoms with Crippen LogP contribution in [0.3, 0.4) is 0 Å². The topological polar surface area (TPSA) is 3.88 Å². The normalized spacial score (nSPS) is 9.56. The Labute approximate surface area is 68.9 Å². The number of alkyl halides is 1. The number of aromatic nitrogens is 1. The number of hydrogen-bond donors (Lipinski definition) is 0. The molecule has 0 spiro atoms. The molecule has 9 heavy (non-hydrogen) atoms. The fraction of sp³-hybridized carbons (Fsp3) is 0.286. The van der Waals surface area contributed by atoms with E-state index in [9.17, 15) is 0 Å². The maximum atomic E-state index is 2.36. The third-order valence-electron chi connectivity index (χ3n) is 1.16. The van der Waals surface area contributed by atoms with E-state index in [0.29, 0.717) is 0 Å². The third kappa shape index (κ3) is 1.93. The number of halogens is 1. The Hall–Kier alpha value is -0.120. The van der Waals surface area contributed by atoms with Crippen molar-refractivity contribution in [2.75, 3.05) is 0 Å². The van der Waals surface area contributed by atoms with Crippen LogP contribution in [0.5, 0.6) is 0 Å². The van der Waals surface area contributed by atoms with E-state index in [4.69, 9.17) is 0 Å². The average molecular weight is 234 g/mol. The highest BCUT2D eigenvalue weighted by Crippen LogP contribution is 2.00. The molecule has 0 fully saturated rings. The zero-order valence-corrected chi connectivity index (χ0v) is 7.50. The van der Waals surface area contributed by atoms with Crippen LogP contribution < -0.4 is 4.57 Å². The molecule has 1 heterocycles. The van der Waals surface area contributed by atoms with Crippen molar-refractivity contribution < 1.29 is 4.57 Å². The molecule has 0 N–H and O–H groups in total. The molecular formula is C7H9IN+. The van der Waals surface area contributed by atoms with Gasteiger partial charge < -0.3 is 0 Å². The molecule has 0 radical (unpaired) electrons. The molecule has 0 atom stereocenters. The Bertz CT molecular complexity index is 198. The molecule has 0 saturated heterocycles. The first-order valence-corrected chi connectivity index (χ1v) is 4.35. The van der Waals surface area contributed by atoms with Crippen molar-refractivity contribution in [3.8, 4) is 0 Å². The van der Waals surface area contributed by atoms with Crippen molar-refractivity contribution in [2.24, 2.45) is 7.05 Å². The van der Waals surface area contributed by atoms with E-state index in [1.807, 2.05) is 13.2 Å². The fourth-order valence-electron chi connectivity index (χ4n) is 0.729. The van der Waals surface area contributed by atoms with Gasteiger partial charge in [-0.25, -0.2) is 4.57 Å². The maximum Gasteiger partial charge on any atom is 0.172 e. The minimum absolute atomic E-state index is 1.09. The Kier molecular flexibility index (Phi) is 2.45. The standard InChI is InChI=1S/C7H9IN/c1-9-4-2-3-7(5-8)6-9/h2-4,6H,5H2,1H3/q+1. The summed E-state index contributed by atoms with van der Waals surface area (Å²) in [4.78, 5) is 0. The summed E-state index contributed by atoms with van der Waals surface area (Å²) in [6.07, 6.45) is 4.17. The Balaban J connectivity index is 2.94. The smallest absolute Gasteiger partial charge is 0.172 e. The van der Waals surface area contributed by atoms with Gasteiger partial charge >= 0.3 is 0 Å². The number of aryl methyl sites for hydroxylation is 1. The summed E-state index contributed by atoms with van der Waals surface area (Å²) < 4.78 is 3.15. The summed E-state index contributed by atoms with van der Waals surface area (Å²) >= 11 is 2.36. The summed E-state index contributed by atoms with van der Waals surface area (Å²) in [5.41, 5.74) is 1.38. The van der Waals surface area contributed by atoms with Crippen LogP contribution in [0.25, 0.3) is 0 Å². The highest BCUT2D eigenvalue weighted by Gasteiger charge is 1.92. The summed E-state index contributed by atoms with van der Waals surface area (Å²) in [6.45, 7) is 0. The SMILES string of the molecule is C[n+]1cccc(CI)c1. The van der Waals surface area contributed by atoms with Crippen molar-refractivity contribution in [2.45, 2.75) is 4.43 Å². The molecule has 1 rings (SSSR count). The first kappa shape index (κ1) is 6.99. The Morgan fingerprint density at radius 3 is 2.89 bits per heavy atom. The minimum atomic E-state index is 1.09. The molecule has 1 nitrogen and oxygen atoms in total. The number of rotatable bonds is 1. The molecule has 0 unspecified atom stereocenters. The van der Waals surface area contributed by atoms with Gasteiger partial charge in [0.05, 0.1) is 0 Å². The largest absolute Gasteiger partial charge is 0.207 e. The van der Waals surface area contributed by atoms with Crippen LogP contribution in [-0.2, 0) is 11.5 Å². The molecule has 0 saturated carbocycles. The van der Waals surface area contributed by atoms with Gasteiger partial charge in [-0.1, -0.05) is 22.6 Å². The lowest BCUT2D eigenvalue weighted by molar-refractivity contribution is -0.671. The lowest BCUT2D eigenvalue weighted by Gasteiger charge is -1.89. The van der Waals surface area contributed by atoms with Gasteiger partial charge in [-0.3, -0.25) is 0 Å². The van der Waals surface area contributed by atoms with E-state index in [1.165, 1.54) is 5.56 Å². The van der Waals surface area contributed by atoms with E-state index in [-0.39, 0.29) is 0 Å². The van der Waals surface area contributed by atoms with Gasteiger partial charge in [0.2, 0.25) is 0 Å². The van der Waals surface area contributed by atoms with Crippen molar-refractivity contribution in [3.05, 3.63) is 30.1 Å². The summed E-state index contributed by atoms with van der Waals surface area (Å²) in [5, 5.41) is 0. The molecule has 48 valence electrons. The molecule has 1 aromatic rings. The first-order chi connectivity index (χ1) is 4.33. The molecule has 0 aliphatic heterocycles. The predicted octanol–water partition coefficient (Wildman–Crippen LogP) is 1.45. The second-order valence-electron chi connectivity index (χ2n) is 2.01. The number of nitrogens with zero attached hydrogens (tertiary/aromatic N) is 1. The van der Waals surface area contributed by atoms with Crippen molar-refractivity contribution in [1.29, 1.82) is 0 Å². The van der Waals surface area contributed by atoms with Gasteiger partial charge in [0.15, 0.2) is 12.4 Å². The van der Waals surface area contributed by atoms with Crippen LogP contribution in [0.2, 0.25) is 0 Å². The zero-order valence-electron chi connectivity index (χ0n) is 5.34. The van der Waals surface area contributed by atoms with E-state index in [0.717, 1.165) is 4.43 Å². The first-order valence-electron chi connectivity index (χ1n) is 2.83. The lowest BCUT2D eigenvalue weighted by Crippen LogP contribution is -2.26. The number of hydrogen-bond acceptors (Lipinski definition) is 0. The van der Waals surface area contributed by atoms with Crippen LogP contribution in [0, 0.1) is 0 Å². The average Bonchev–Trinajstić information content (AvgIpc) is 1.88. The highest BCUT2D eigenvalue weighted by molar-refractivity contribution is 14.1. The van der Waals surface area contributed by atoms with Gasteiger partial charge in [0.1, 0.15) is 7.05 Å². The molecule has 0 bridgehead atoms. The van der Waals surface area contributed by atoms with Crippen molar-refractivity contribution in [1.82, 2.24) is 0 Å². The minimum Gasteiger partial charge on any atom is -0.207 e. The van der Waals surface area contributed by atoms with Crippen LogP contribution in [0.1, 0.15) is 5.56 Å². The zero-order chi connectivity index (χ0) is 6.69. The quantitative estimate of drug-likeness (QED) is 0.393. The number of pyridine rings is 1. The van der Waals surface area contributed by atoms with E-state index >= 15 is 0 Å². The second kappa shape index (κ2) is 3.15. The van der Waals surface area contributed by atoms with E-state index < -0.39 is 0 Å². The second-order valence-corrected chi connectivity index (χ2v) is 2.77. The van der Waals surface area contributed by atoms with Gasteiger partial charge in [0.25, 0.3) is 0 Å². The summed E-state index contributed by atoms with van der Waals surface area (Å²) in [6, 6.07) is 4.19. The summed E-state index contributed by atoms with van der Waals surface area (Å²) in [5.74, 6) is 0. The third-order valence-corrected chi connectivity index (χ3v) is 2.04. The predicted molar refractivity (Wildman–Crippen MR) is 45.3 cm³/mol. The van der Waals surface area contributed by atoms with E-state index in [2.05, 4.69) is 45.5 Å². The lowest BCUT2D eigenvalue weighted by atomic mass is 10.3. The van der Waals surface area contributed by atoms with Crippen LogP contribution >= 0.6 is 22.6 Å². The maximum absolute atomic E-state index is 2.36. The molecule has 0 aliphatic rings. The van der Waals surface area contributed by atoms with Crippen LogP contribution in [0.4, 0.5) is 0 Å². The molecule has 0 amide bonds. The highest BCUT2D eigenvalue weighted by atomic mass is 127. The molecule has 0 aromatic carbocycles. The Morgan fingerprint density at radius 2 is 2.44 bits per heavy atom. The molecular weight excluding hydrogens is 225 g/mol. The molecule has 1 aromatic heterocycles. The fourth-order valence-corrected chi connectivity index (χ4v) is 1.18.